The second-order valence-corrected chi connectivity index (χ2v) is 5.95. The van der Waals surface area contributed by atoms with E-state index in [0.29, 0.717) is 0 Å². The predicted octanol–water partition coefficient (Wildman–Crippen LogP) is 7.11. The molecule has 0 aromatic carbocycles. The van der Waals surface area contributed by atoms with E-state index in [1.807, 2.05) is 0 Å². The van der Waals surface area contributed by atoms with Gasteiger partial charge in [0.1, 0.15) is 0 Å². The summed E-state index contributed by atoms with van der Waals surface area (Å²) in [5.41, 5.74) is 0. The summed E-state index contributed by atoms with van der Waals surface area (Å²) < 4.78 is 0. The second kappa shape index (κ2) is 21.8. The Balaban J connectivity index is -0.000000482. The third-order valence-corrected chi connectivity index (χ3v) is 3.96. The van der Waals surface area contributed by atoms with Crippen molar-refractivity contribution in [2.75, 3.05) is 0 Å². The molecule has 0 N–H and O–H groups in total. The van der Waals surface area contributed by atoms with Crippen molar-refractivity contribution in [1.29, 1.82) is 0 Å². The molecule has 0 aliphatic rings. The van der Waals surface area contributed by atoms with Crippen LogP contribution in [0.1, 0.15) is 119 Å². The van der Waals surface area contributed by atoms with Crippen molar-refractivity contribution in [2.24, 2.45) is 0 Å². The van der Waals surface area contributed by atoms with Crippen LogP contribution in [0.5, 0.6) is 0 Å². The Hall–Kier alpha value is 1.48. The quantitative estimate of drug-likeness (QED) is 0.219. The molecule has 0 aromatic rings. The first-order valence-electron chi connectivity index (χ1n) is 8.91. The van der Waals surface area contributed by atoms with E-state index in [4.69, 9.17) is 0 Å². The maximum Gasteiger partial charge on any atom is 2.00 e. The minimum atomic E-state index is 0. The summed E-state index contributed by atoms with van der Waals surface area (Å²) >= 11 is 0. The van der Waals surface area contributed by atoms with E-state index in [1.54, 1.807) is 0 Å². The number of unbranched alkanes of at least 4 members (excludes halogenated alkanes) is 15. The average molecular weight is 344 g/mol. The molecule has 0 spiro atoms. The molecule has 0 aliphatic carbocycles. The van der Waals surface area contributed by atoms with Crippen LogP contribution in [0.2, 0.25) is 0 Å². The number of hydrogen-bond acceptors (Lipinski definition) is 0. The van der Waals surface area contributed by atoms with Crippen molar-refractivity contribution >= 4 is 45.5 Å². The van der Waals surface area contributed by atoms with Crippen molar-refractivity contribution in [2.45, 2.75) is 117 Å². The molecular weight excluding hydrogens is 304 g/mol. The third kappa shape index (κ3) is 21.9. The molecule has 19 heavy (non-hydrogen) atoms. The van der Waals surface area contributed by atoms with Gasteiger partial charge in [0.05, 0.1) is 0 Å². The summed E-state index contributed by atoms with van der Waals surface area (Å²) in [5.74, 6) is 0. The molecule has 0 saturated heterocycles. The Bertz CT molecular complexity index is 127. The number of rotatable bonds is 15. The van der Waals surface area contributed by atoms with Gasteiger partial charge < -0.3 is 2.85 Å². The molecular formula is C18H40Sr. The molecule has 114 valence electrons. The van der Waals surface area contributed by atoms with Crippen molar-refractivity contribution in [3.8, 4) is 0 Å². The first-order valence-corrected chi connectivity index (χ1v) is 8.91. The molecule has 0 rings (SSSR count). The topological polar surface area (TPSA) is 0 Å². The van der Waals surface area contributed by atoms with Gasteiger partial charge in [0.25, 0.3) is 0 Å². The molecule has 0 unspecified atom stereocenters. The van der Waals surface area contributed by atoms with E-state index in [0.717, 1.165) is 0 Å². The minimum absolute atomic E-state index is 0. The van der Waals surface area contributed by atoms with Crippen LogP contribution < -0.4 is 0 Å². The first kappa shape index (κ1) is 22.8. The fourth-order valence-electron chi connectivity index (χ4n) is 2.62. The number of hydrogen-bond donors (Lipinski definition) is 0. The molecule has 1 heteroatoms. The van der Waals surface area contributed by atoms with E-state index >= 15 is 0 Å². The summed E-state index contributed by atoms with van der Waals surface area (Å²) in [4.78, 5) is 0. The monoisotopic (exact) mass is 344 g/mol. The van der Waals surface area contributed by atoms with Gasteiger partial charge in [-0.1, -0.05) is 117 Å². The van der Waals surface area contributed by atoms with E-state index in [9.17, 15) is 0 Å². The third-order valence-electron chi connectivity index (χ3n) is 3.96. The molecule has 0 bridgehead atoms. The summed E-state index contributed by atoms with van der Waals surface area (Å²) in [7, 11) is 0. The molecule has 0 aromatic heterocycles. The molecule has 0 nitrogen and oxygen atoms in total. The van der Waals surface area contributed by atoms with Crippen LogP contribution in [0.3, 0.4) is 0 Å². The van der Waals surface area contributed by atoms with Gasteiger partial charge >= 0.3 is 45.5 Å². The summed E-state index contributed by atoms with van der Waals surface area (Å²) in [6, 6.07) is 0. The SMILES string of the molecule is CCCCCCCCCCCCCCCCCC.[H-].[H-].[Sr+2]. The summed E-state index contributed by atoms with van der Waals surface area (Å²) in [6.45, 7) is 4.59. The van der Waals surface area contributed by atoms with Gasteiger partial charge in [-0.3, -0.25) is 0 Å². The Morgan fingerprint density at radius 3 is 0.684 bits per heavy atom. The van der Waals surface area contributed by atoms with E-state index < -0.39 is 0 Å². The fourth-order valence-corrected chi connectivity index (χ4v) is 2.62. The zero-order valence-corrected chi connectivity index (χ0v) is 17.5. The van der Waals surface area contributed by atoms with Gasteiger partial charge in [-0.2, -0.15) is 0 Å². The van der Waals surface area contributed by atoms with Crippen LogP contribution in [0.25, 0.3) is 0 Å². The van der Waals surface area contributed by atoms with E-state index in [2.05, 4.69) is 13.8 Å². The van der Waals surface area contributed by atoms with Crippen molar-refractivity contribution in [3.63, 3.8) is 0 Å². The van der Waals surface area contributed by atoms with Crippen LogP contribution in [-0.2, 0) is 0 Å². The Kier molecular flexibility index (Phi) is 26.1. The Morgan fingerprint density at radius 1 is 0.368 bits per heavy atom. The summed E-state index contributed by atoms with van der Waals surface area (Å²) in [5, 5.41) is 0. The van der Waals surface area contributed by atoms with E-state index in [1.165, 1.54) is 103 Å². The Morgan fingerprint density at radius 2 is 0.526 bits per heavy atom. The second-order valence-electron chi connectivity index (χ2n) is 5.95. The van der Waals surface area contributed by atoms with Gasteiger partial charge in [-0.05, 0) is 0 Å². The predicted molar refractivity (Wildman–Crippen MR) is 93.2 cm³/mol. The molecule has 0 fully saturated rings. The van der Waals surface area contributed by atoms with Gasteiger partial charge in [-0.15, -0.1) is 0 Å². The Labute approximate surface area is 163 Å². The van der Waals surface area contributed by atoms with Crippen LogP contribution in [0, 0.1) is 0 Å². The maximum atomic E-state index is 2.29. The summed E-state index contributed by atoms with van der Waals surface area (Å²) in [6.07, 6.45) is 23.4. The molecule has 0 amide bonds. The van der Waals surface area contributed by atoms with Crippen LogP contribution in [0.15, 0.2) is 0 Å². The van der Waals surface area contributed by atoms with Gasteiger partial charge in [0, 0.05) is 0 Å². The maximum absolute atomic E-state index is 2.29. The smallest absolute Gasteiger partial charge is 1.00 e. The van der Waals surface area contributed by atoms with Crippen molar-refractivity contribution in [1.82, 2.24) is 0 Å². The van der Waals surface area contributed by atoms with Crippen molar-refractivity contribution in [3.05, 3.63) is 0 Å². The van der Waals surface area contributed by atoms with Crippen molar-refractivity contribution < 1.29 is 2.85 Å². The molecule has 0 radical (unpaired) electrons. The zero-order valence-electron chi connectivity index (χ0n) is 16.0. The van der Waals surface area contributed by atoms with Crippen LogP contribution in [0.4, 0.5) is 0 Å². The molecule has 0 heterocycles. The van der Waals surface area contributed by atoms with Gasteiger partial charge in [-0.25, -0.2) is 0 Å². The standard InChI is InChI=1S/C18H38.Sr.2H/c1-3-5-7-9-11-13-15-17-18-16-14-12-10-8-6-4-2;;;/h3-18H2,1-2H3;;;/q;+2;2*-1. The molecule has 0 saturated carbocycles. The van der Waals surface area contributed by atoms with E-state index in [-0.39, 0.29) is 48.3 Å². The molecule has 0 aliphatic heterocycles. The fraction of sp³-hybridized carbons (Fsp3) is 1.00. The van der Waals surface area contributed by atoms with Crippen LogP contribution >= 0.6 is 0 Å². The normalized spacial score (nSPS) is 10.4. The van der Waals surface area contributed by atoms with Gasteiger partial charge in [0.2, 0.25) is 0 Å². The first-order chi connectivity index (χ1) is 8.91. The van der Waals surface area contributed by atoms with Crippen LogP contribution in [-0.4, -0.2) is 45.5 Å². The average Bonchev–Trinajstić information content (AvgIpc) is 2.39. The largest absolute Gasteiger partial charge is 2.00 e. The van der Waals surface area contributed by atoms with Gasteiger partial charge in [0.15, 0.2) is 0 Å². The minimum Gasteiger partial charge on any atom is -1.00 e. The zero-order chi connectivity index (χ0) is 13.3. The molecule has 0 atom stereocenters.